The van der Waals surface area contributed by atoms with Gasteiger partial charge in [0.05, 0.1) is 0 Å². The number of aryl methyl sites for hydroxylation is 1. The minimum Gasteiger partial charge on any atom is -0.475 e. The molecule has 2 atom stereocenters. The van der Waals surface area contributed by atoms with Crippen LogP contribution in [-0.2, 0) is 11.3 Å². The molecule has 2 unspecified atom stereocenters. The van der Waals surface area contributed by atoms with Crippen molar-refractivity contribution in [3.8, 4) is 0 Å². The number of amides is 2. The molecular weight excluding hydrogens is 544 g/mol. The van der Waals surface area contributed by atoms with Gasteiger partial charge >= 0.3 is 18.2 Å². The lowest BCUT2D eigenvalue weighted by Gasteiger charge is -2.28. The third kappa shape index (κ3) is 8.41. The first-order valence-corrected chi connectivity index (χ1v) is 13.0. The summed E-state index contributed by atoms with van der Waals surface area (Å²) in [7, 11) is 0. The molecule has 0 spiro atoms. The molecule has 0 saturated carbocycles. The zero-order valence-electron chi connectivity index (χ0n) is 21.1. The summed E-state index contributed by atoms with van der Waals surface area (Å²) >= 11 is 12.0. The van der Waals surface area contributed by atoms with Crippen LogP contribution in [0.5, 0.6) is 0 Å². The fourth-order valence-corrected chi connectivity index (χ4v) is 5.36. The van der Waals surface area contributed by atoms with Crippen LogP contribution in [0.25, 0.3) is 0 Å². The molecule has 0 aromatic heterocycles. The topological polar surface area (TPSA) is 84.9 Å². The van der Waals surface area contributed by atoms with Crippen LogP contribution >= 0.6 is 23.2 Å². The molecular formula is C26H31Cl2F3N4O3. The number of carbonyl (C=O) groups is 2. The molecule has 0 aliphatic carbocycles. The summed E-state index contributed by atoms with van der Waals surface area (Å²) in [5.41, 5.74) is 3.95. The van der Waals surface area contributed by atoms with Crippen molar-refractivity contribution < 1.29 is 27.9 Å². The third-order valence-corrected chi connectivity index (χ3v) is 7.11. The lowest BCUT2D eigenvalue weighted by Crippen LogP contribution is -2.39. The number of hydrogen-bond acceptors (Lipinski definition) is 4. The SMILES string of the molecule is Cc1cc(N2CCC(N3CCCC3C)C2)ccc1NC(=O)NCc1cc(Cl)cc(Cl)c1.O=C(O)C(F)(F)F. The van der Waals surface area contributed by atoms with E-state index >= 15 is 0 Å². The first-order chi connectivity index (χ1) is 17.8. The summed E-state index contributed by atoms with van der Waals surface area (Å²) in [5.74, 6) is -2.76. The van der Waals surface area contributed by atoms with Gasteiger partial charge in [0, 0.05) is 53.1 Å². The van der Waals surface area contributed by atoms with Crippen LogP contribution in [0.15, 0.2) is 36.4 Å². The van der Waals surface area contributed by atoms with Crippen LogP contribution in [0, 0.1) is 6.92 Å². The molecule has 38 heavy (non-hydrogen) atoms. The highest BCUT2D eigenvalue weighted by molar-refractivity contribution is 6.34. The molecule has 2 fully saturated rings. The number of likely N-dealkylation sites (tertiary alicyclic amines) is 1. The van der Waals surface area contributed by atoms with E-state index in [4.69, 9.17) is 33.1 Å². The number of carboxylic acids is 1. The molecule has 2 heterocycles. The van der Waals surface area contributed by atoms with Crippen molar-refractivity contribution in [1.82, 2.24) is 10.2 Å². The minimum absolute atomic E-state index is 0.254. The summed E-state index contributed by atoms with van der Waals surface area (Å²) < 4.78 is 31.7. The van der Waals surface area contributed by atoms with Gasteiger partial charge in [-0.05, 0) is 87.2 Å². The number of nitrogens with one attached hydrogen (secondary N) is 2. The first-order valence-electron chi connectivity index (χ1n) is 12.2. The van der Waals surface area contributed by atoms with E-state index < -0.39 is 12.1 Å². The van der Waals surface area contributed by atoms with E-state index in [1.54, 1.807) is 18.2 Å². The Balaban J connectivity index is 0.000000505. The Bertz CT molecular complexity index is 1130. The summed E-state index contributed by atoms with van der Waals surface area (Å²) in [5, 5.41) is 14.0. The maximum Gasteiger partial charge on any atom is 0.490 e. The number of benzene rings is 2. The Hall–Kier alpha value is -2.69. The number of carboxylic acid groups (broad SMARTS) is 1. The highest BCUT2D eigenvalue weighted by Gasteiger charge is 2.38. The molecule has 2 aromatic rings. The lowest BCUT2D eigenvalue weighted by molar-refractivity contribution is -0.192. The van der Waals surface area contributed by atoms with E-state index in [1.807, 2.05) is 13.0 Å². The van der Waals surface area contributed by atoms with Crippen molar-refractivity contribution in [2.75, 3.05) is 29.9 Å². The molecule has 12 heteroatoms. The van der Waals surface area contributed by atoms with Gasteiger partial charge in [-0.25, -0.2) is 9.59 Å². The molecule has 7 nitrogen and oxygen atoms in total. The predicted octanol–water partition coefficient (Wildman–Crippen LogP) is 6.32. The Morgan fingerprint density at radius 2 is 1.74 bits per heavy atom. The van der Waals surface area contributed by atoms with E-state index in [0.717, 1.165) is 29.9 Å². The predicted molar refractivity (Wildman–Crippen MR) is 143 cm³/mol. The van der Waals surface area contributed by atoms with Gasteiger partial charge in [-0.15, -0.1) is 0 Å². The quantitative estimate of drug-likeness (QED) is 0.389. The first kappa shape index (κ1) is 29.9. The maximum absolute atomic E-state index is 12.4. The van der Waals surface area contributed by atoms with Crippen molar-refractivity contribution >= 4 is 46.6 Å². The molecule has 0 bridgehead atoms. The van der Waals surface area contributed by atoms with Gasteiger partial charge in [0.2, 0.25) is 0 Å². The van der Waals surface area contributed by atoms with Crippen molar-refractivity contribution in [1.29, 1.82) is 0 Å². The van der Waals surface area contributed by atoms with Gasteiger partial charge in [0.15, 0.2) is 0 Å². The number of anilines is 2. The summed E-state index contributed by atoms with van der Waals surface area (Å²) in [4.78, 5) is 26.4. The summed E-state index contributed by atoms with van der Waals surface area (Å²) in [6, 6.07) is 12.6. The molecule has 208 valence electrons. The van der Waals surface area contributed by atoms with E-state index in [-0.39, 0.29) is 6.03 Å². The van der Waals surface area contributed by atoms with E-state index in [9.17, 15) is 18.0 Å². The van der Waals surface area contributed by atoms with Gasteiger partial charge in [-0.2, -0.15) is 13.2 Å². The molecule has 3 N–H and O–H groups in total. The zero-order valence-corrected chi connectivity index (χ0v) is 22.6. The van der Waals surface area contributed by atoms with Crippen molar-refractivity contribution in [3.05, 3.63) is 57.6 Å². The highest BCUT2D eigenvalue weighted by atomic mass is 35.5. The highest BCUT2D eigenvalue weighted by Crippen LogP contribution is 2.30. The zero-order chi connectivity index (χ0) is 28.0. The molecule has 2 saturated heterocycles. The van der Waals surface area contributed by atoms with Gasteiger partial charge in [0.1, 0.15) is 0 Å². The van der Waals surface area contributed by atoms with Crippen molar-refractivity contribution in [2.45, 2.75) is 57.9 Å². The van der Waals surface area contributed by atoms with Crippen LogP contribution in [-0.4, -0.2) is 59.9 Å². The Morgan fingerprint density at radius 1 is 1.08 bits per heavy atom. The molecule has 4 rings (SSSR count). The molecule has 2 amide bonds. The van der Waals surface area contributed by atoms with Gasteiger partial charge < -0.3 is 20.6 Å². The number of urea groups is 1. The number of nitrogens with zero attached hydrogens (tertiary/aromatic N) is 2. The molecule has 2 aromatic carbocycles. The van der Waals surface area contributed by atoms with E-state index in [0.29, 0.717) is 28.7 Å². The largest absolute Gasteiger partial charge is 0.490 e. The number of rotatable bonds is 5. The third-order valence-electron chi connectivity index (χ3n) is 6.68. The monoisotopic (exact) mass is 574 g/mol. The number of aliphatic carboxylic acids is 1. The lowest BCUT2D eigenvalue weighted by atomic mass is 10.1. The average Bonchev–Trinajstić information content (AvgIpc) is 3.47. The Labute approximate surface area is 229 Å². The molecule has 0 radical (unpaired) electrons. The average molecular weight is 575 g/mol. The van der Waals surface area contributed by atoms with Gasteiger partial charge in [-0.1, -0.05) is 23.2 Å². The Morgan fingerprint density at radius 3 is 2.29 bits per heavy atom. The molecule has 2 aliphatic rings. The van der Waals surface area contributed by atoms with E-state index in [2.05, 4.69) is 39.5 Å². The summed E-state index contributed by atoms with van der Waals surface area (Å²) in [6.07, 6.45) is -1.22. The van der Waals surface area contributed by atoms with Crippen LogP contribution < -0.4 is 15.5 Å². The normalized spacial score (nSPS) is 19.6. The standard InChI is InChI=1S/C24H30Cl2N4O.C2HF3O2/c1-16-10-21(29-9-7-22(15-29)30-8-3-4-17(30)2)5-6-23(16)28-24(31)27-14-18-11-19(25)13-20(26)12-18;3-2(4,5)1(6)7/h5-6,10-13,17,22H,3-4,7-9,14-15H2,1-2H3,(H2,27,28,31);(H,6,7). The fourth-order valence-electron chi connectivity index (χ4n) is 4.79. The van der Waals surface area contributed by atoms with Crippen LogP contribution in [0.1, 0.15) is 37.3 Å². The number of halogens is 5. The van der Waals surface area contributed by atoms with Crippen molar-refractivity contribution in [2.24, 2.45) is 0 Å². The number of alkyl halides is 3. The smallest absolute Gasteiger partial charge is 0.475 e. The summed E-state index contributed by atoms with van der Waals surface area (Å²) in [6.45, 7) is 8.14. The van der Waals surface area contributed by atoms with Crippen molar-refractivity contribution in [3.63, 3.8) is 0 Å². The second kappa shape index (κ2) is 12.9. The second-order valence-corrected chi connectivity index (χ2v) is 10.4. The Kier molecular flexibility index (Phi) is 10.1. The molecule has 2 aliphatic heterocycles. The minimum atomic E-state index is -5.08. The van der Waals surface area contributed by atoms with Crippen LogP contribution in [0.2, 0.25) is 10.0 Å². The van der Waals surface area contributed by atoms with Gasteiger partial charge in [-0.3, -0.25) is 4.90 Å². The number of hydrogen-bond donors (Lipinski definition) is 3. The second-order valence-electron chi connectivity index (χ2n) is 9.51. The fraction of sp³-hybridized carbons (Fsp3) is 0.462. The maximum atomic E-state index is 12.4. The van der Waals surface area contributed by atoms with Crippen LogP contribution in [0.4, 0.5) is 29.3 Å². The van der Waals surface area contributed by atoms with Crippen LogP contribution in [0.3, 0.4) is 0 Å². The van der Waals surface area contributed by atoms with E-state index in [1.165, 1.54) is 31.5 Å². The number of carbonyl (C=O) groups excluding carboxylic acids is 1. The van der Waals surface area contributed by atoms with Gasteiger partial charge in [0.25, 0.3) is 0 Å².